The maximum Gasteiger partial charge on any atom is 0.341 e. The zero-order valence-electron chi connectivity index (χ0n) is 18.0. The van der Waals surface area contributed by atoms with Gasteiger partial charge in [-0.15, -0.1) is 0 Å². The maximum absolute atomic E-state index is 12.4. The number of para-hydroxylation sites is 1. The molecule has 0 N–H and O–H groups in total. The van der Waals surface area contributed by atoms with Gasteiger partial charge in [-0.2, -0.15) is 5.10 Å². The molecule has 160 valence electrons. The van der Waals surface area contributed by atoms with Gasteiger partial charge in [-0.25, -0.2) is 14.8 Å². The van der Waals surface area contributed by atoms with Crippen LogP contribution >= 0.6 is 0 Å². The Labute approximate surface area is 178 Å². The highest BCUT2D eigenvalue weighted by Crippen LogP contribution is 2.28. The van der Waals surface area contributed by atoms with E-state index in [9.17, 15) is 9.59 Å². The highest BCUT2D eigenvalue weighted by molar-refractivity contribution is 6.02. The molecule has 1 aromatic carbocycles. The molecule has 9 heteroatoms. The van der Waals surface area contributed by atoms with Crippen LogP contribution in [0.3, 0.4) is 0 Å². The Balaban J connectivity index is 1.81. The van der Waals surface area contributed by atoms with Crippen molar-refractivity contribution in [2.75, 3.05) is 7.11 Å². The molecule has 9 nitrogen and oxygen atoms in total. The van der Waals surface area contributed by atoms with Gasteiger partial charge in [-0.1, -0.05) is 18.2 Å². The highest BCUT2D eigenvalue weighted by Gasteiger charge is 2.25. The summed E-state index contributed by atoms with van der Waals surface area (Å²) in [6.07, 6.45) is 3.13. The molecule has 4 rings (SSSR count). The summed E-state index contributed by atoms with van der Waals surface area (Å²) >= 11 is 0. The Morgan fingerprint density at radius 3 is 2.61 bits per heavy atom. The lowest BCUT2D eigenvalue weighted by molar-refractivity contribution is -0.156. The van der Waals surface area contributed by atoms with Gasteiger partial charge in [0.15, 0.2) is 12.4 Å². The number of benzene rings is 1. The van der Waals surface area contributed by atoms with Gasteiger partial charge in [0, 0.05) is 18.6 Å². The van der Waals surface area contributed by atoms with Crippen LogP contribution in [0.5, 0.6) is 0 Å². The molecule has 0 aliphatic heterocycles. The molecule has 0 bridgehead atoms. The Morgan fingerprint density at radius 1 is 1.16 bits per heavy atom. The summed E-state index contributed by atoms with van der Waals surface area (Å²) in [6.45, 7) is 5.22. The normalized spacial score (nSPS) is 11.8. The smallest absolute Gasteiger partial charge is 0.341 e. The number of fused-ring (bicyclic) bond motifs is 2. The maximum atomic E-state index is 12.4. The number of ether oxygens (including phenoxy) is 2. The Hall–Kier alpha value is -3.75. The molecule has 0 fully saturated rings. The minimum Gasteiger partial charge on any atom is -0.465 e. The minimum absolute atomic E-state index is 0.0931. The van der Waals surface area contributed by atoms with Crippen LogP contribution in [0, 0.1) is 5.41 Å². The third-order valence-corrected chi connectivity index (χ3v) is 4.92. The number of aryl methyl sites for hydroxylation is 1. The monoisotopic (exact) mass is 421 g/mol. The van der Waals surface area contributed by atoms with E-state index in [0.717, 1.165) is 10.9 Å². The molecule has 4 aromatic rings. The van der Waals surface area contributed by atoms with Crippen molar-refractivity contribution in [2.24, 2.45) is 12.5 Å². The van der Waals surface area contributed by atoms with Crippen molar-refractivity contribution >= 4 is 34.0 Å². The lowest BCUT2D eigenvalue weighted by atomic mass is 9.98. The predicted molar refractivity (Wildman–Crippen MR) is 114 cm³/mol. The molecule has 0 saturated heterocycles. The third kappa shape index (κ3) is 3.63. The fourth-order valence-corrected chi connectivity index (χ4v) is 3.27. The molecule has 0 amide bonds. The van der Waals surface area contributed by atoms with Gasteiger partial charge < -0.3 is 9.47 Å². The molecular weight excluding hydrogens is 398 g/mol. The largest absolute Gasteiger partial charge is 0.465 e. The highest BCUT2D eigenvalue weighted by atomic mass is 16.5. The van der Waals surface area contributed by atoms with Crippen LogP contribution in [0.4, 0.5) is 0 Å². The topological polar surface area (TPSA) is 101 Å². The average Bonchev–Trinajstić information content (AvgIpc) is 3.28. The van der Waals surface area contributed by atoms with Gasteiger partial charge in [0.2, 0.25) is 0 Å². The third-order valence-electron chi connectivity index (χ3n) is 4.92. The number of esters is 2. The number of rotatable bonds is 4. The number of aromatic nitrogens is 5. The summed E-state index contributed by atoms with van der Waals surface area (Å²) in [5.41, 5.74) is 2.50. The molecule has 0 saturated carbocycles. The second kappa shape index (κ2) is 7.50. The SMILES string of the molecule is COC(=O)c1cn(COC(=O)C(C)(C)C)c2ncc(-c3nn(C)c4ccccc34)nc12. The van der Waals surface area contributed by atoms with Crippen LogP contribution in [0.25, 0.3) is 33.5 Å². The average molecular weight is 421 g/mol. The number of carbonyl (C=O) groups excluding carboxylic acids is 2. The van der Waals surface area contributed by atoms with Crippen molar-refractivity contribution in [3.05, 3.63) is 42.2 Å². The zero-order chi connectivity index (χ0) is 22.3. The Morgan fingerprint density at radius 2 is 1.90 bits per heavy atom. The van der Waals surface area contributed by atoms with Crippen molar-refractivity contribution in [3.8, 4) is 11.4 Å². The van der Waals surface area contributed by atoms with Crippen molar-refractivity contribution in [1.29, 1.82) is 0 Å². The first kappa shape index (κ1) is 20.5. The van der Waals surface area contributed by atoms with Crippen molar-refractivity contribution in [3.63, 3.8) is 0 Å². The van der Waals surface area contributed by atoms with E-state index in [4.69, 9.17) is 9.47 Å². The van der Waals surface area contributed by atoms with Crippen LogP contribution in [0.1, 0.15) is 31.1 Å². The van der Waals surface area contributed by atoms with Crippen molar-refractivity contribution in [2.45, 2.75) is 27.5 Å². The lowest BCUT2D eigenvalue weighted by Crippen LogP contribution is -2.24. The second-order valence-corrected chi connectivity index (χ2v) is 8.23. The number of carbonyl (C=O) groups is 2. The van der Waals surface area contributed by atoms with Gasteiger partial charge in [0.25, 0.3) is 0 Å². The summed E-state index contributed by atoms with van der Waals surface area (Å²) in [7, 11) is 3.16. The zero-order valence-corrected chi connectivity index (χ0v) is 18.0. The Kier molecular flexibility index (Phi) is 4.96. The quantitative estimate of drug-likeness (QED) is 0.466. The molecule has 3 aromatic heterocycles. The van der Waals surface area contributed by atoms with Gasteiger partial charge in [-0.05, 0) is 26.8 Å². The summed E-state index contributed by atoms with van der Waals surface area (Å²) < 4.78 is 13.6. The van der Waals surface area contributed by atoms with E-state index in [0.29, 0.717) is 22.6 Å². The fraction of sp³-hybridized carbons (Fsp3) is 0.318. The molecule has 0 spiro atoms. The molecule has 0 radical (unpaired) electrons. The van der Waals surface area contributed by atoms with E-state index in [1.807, 2.05) is 31.3 Å². The van der Waals surface area contributed by atoms with Crippen molar-refractivity contribution < 1.29 is 19.1 Å². The number of methoxy groups -OCH3 is 1. The molecule has 3 heterocycles. The molecule has 0 unspecified atom stereocenters. The van der Waals surface area contributed by atoms with Crippen molar-refractivity contribution in [1.82, 2.24) is 24.3 Å². The first-order valence-electron chi connectivity index (χ1n) is 9.74. The molecule has 31 heavy (non-hydrogen) atoms. The minimum atomic E-state index is -0.646. The lowest BCUT2D eigenvalue weighted by Gasteiger charge is -2.16. The van der Waals surface area contributed by atoms with Gasteiger partial charge in [-0.3, -0.25) is 14.0 Å². The van der Waals surface area contributed by atoms with Crippen LogP contribution < -0.4 is 0 Å². The Bertz CT molecular complexity index is 1310. The number of hydrogen-bond donors (Lipinski definition) is 0. The van der Waals surface area contributed by atoms with Gasteiger partial charge >= 0.3 is 11.9 Å². The summed E-state index contributed by atoms with van der Waals surface area (Å²) in [4.78, 5) is 33.7. The molecule has 0 aliphatic carbocycles. The van der Waals surface area contributed by atoms with E-state index < -0.39 is 11.4 Å². The predicted octanol–water partition coefficient (Wildman–Crippen LogP) is 3.32. The standard InChI is InChI=1S/C22H23N5O4/c1-22(2,3)21(29)31-12-27-11-14(20(28)30-5)18-19(27)23-10-15(24-18)17-13-8-6-7-9-16(13)26(4)25-17/h6-11H,12H2,1-5H3. The van der Waals surface area contributed by atoms with E-state index in [1.54, 1.807) is 36.2 Å². The molecular formula is C22H23N5O4. The van der Waals surface area contributed by atoms with E-state index >= 15 is 0 Å². The summed E-state index contributed by atoms with van der Waals surface area (Å²) in [5, 5.41) is 5.50. The first-order valence-corrected chi connectivity index (χ1v) is 9.74. The summed E-state index contributed by atoms with van der Waals surface area (Å²) in [5.74, 6) is -0.915. The first-order chi connectivity index (χ1) is 14.7. The van der Waals surface area contributed by atoms with Crippen LogP contribution in [0.2, 0.25) is 0 Å². The summed E-state index contributed by atoms with van der Waals surface area (Å²) in [6, 6.07) is 7.80. The fourth-order valence-electron chi connectivity index (χ4n) is 3.27. The van der Waals surface area contributed by atoms with Crippen LogP contribution in [0.15, 0.2) is 36.7 Å². The van der Waals surface area contributed by atoms with E-state index in [1.165, 1.54) is 13.3 Å². The molecule has 0 aliphatic rings. The van der Waals surface area contributed by atoms with Gasteiger partial charge in [0.05, 0.1) is 24.2 Å². The van der Waals surface area contributed by atoms with E-state index in [2.05, 4.69) is 15.1 Å². The number of hydrogen-bond acceptors (Lipinski definition) is 7. The number of nitrogens with zero attached hydrogens (tertiary/aromatic N) is 5. The second-order valence-electron chi connectivity index (χ2n) is 8.23. The van der Waals surface area contributed by atoms with Crippen LogP contribution in [-0.4, -0.2) is 43.4 Å². The molecule has 0 atom stereocenters. The van der Waals surface area contributed by atoms with E-state index in [-0.39, 0.29) is 18.3 Å². The van der Waals surface area contributed by atoms with Crippen LogP contribution in [-0.2, 0) is 28.0 Å². The van der Waals surface area contributed by atoms with Gasteiger partial charge in [0.1, 0.15) is 22.5 Å².